The molecule has 0 bridgehead atoms. The molecule has 9 heteroatoms. The van der Waals surface area contributed by atoms with E-state index in [1.807, 2.05) is 45.0 Å². The van der Waals surface area contributed by atoms with Gasteiger partial charge in [0.2, 0.25) is 5.89 Å². The van der Waals surface area contributed by atoms with Gasteiger partial charge in [0.15, 0.2) is 11.5 Å². The number of rotatable bonds is 6. The van der Waals surface area contributed by atoms with Gasteiger partial charge in [-0.3, -0.25) is 4.79 Å². The Morgan fingerprint density at radius 3 is 2.82 bits per heavy atom. The van der Waals surface area contributed by atoms with Crippen LogP contribution in [0.2, 0.25) is 0 Å². The minimum atomic E-state index is -0.386. The van der Waals surface area contributed by atoms with Gasteiger partial charge < -0.3 is 9.84 Å². The fourth-order valence-corrected chi connectivity index (χ4v) is 3.38. The standard InChI is InChI=1S/C19H21BrN6O2/c1-10(2)15(19-22-17(24-28-19)12-7-8-12)21-18(27)16-11(3)26(25-23-16)14-6-4-5-13(20)9-14/h4-6,9-10,12,15H,7-8H2,1-3H3,(H,21,27). The number of halogens is 1. The Balaban J connectivity index is 1.56. The van der Waals surface area contributed by atoms with Crippen molar-refractivity contribution >= 4 is 21.8 Å². The van der Waals surface area contributed by atoms with E-state index in [1.165, 1.54) is 0 Å². The van der Waals surface area contributed by atoms with Crippen LogP contribution >= 0.6 is 15.9 Å². The van der Waals surface area contributed by atoms with Crippen LogP contribution in [0, 0.1) is 12.8 Å². The fourth-order valence-electron chi connectivity index (χ4n) is 3.00. The third-order valence-corrected chi connectivity index (χ3v) is 5.27. The summed E-state index contributed by atoms with van der Waals surface area (Å²) in [4.78, 5) is 17.4. The molecule has 1 aromatic carbocycles. The Kier molecular flexibility index (Phi) is 5.01. The predicted octanol–water partition coefficient (Wildman–Crippen LogP) is 3.73. The van der Waals surface area contributed by atoms with Crippen LogP contribution < -0.4 is 5.32 Å². The van der Waals surface area contributed by atoms with Gasteiger partial charge in [0.1, 0.15) is 6.04 Å². The first-order valence-electron chi connectivity index (χ1n) is 9.26. The van der Waals surface area contributed by atoms with E-state index < -0.39 is 0 Å². The Hall–Kier alpha value is -2.55. The highest BCUT2D eigenvalue weighted by atomic mass is 79.9. The lowest BCUT2D eigenvalue weighted by molar-refractivity contribution is 0.0908. The summed E-state index contributed by atoms with van der Waals surface area (Å²) >= 11 is 3.45. The summed E-state index contributed by atoms with van der Waals surface area (Å²) in [7, 11) is 0. The third-order valence-electron chi connectivity index (χ3n) is 4.78. The van der Waals surface area contributed by atoms with Gasteiger partial charge in [0, 0.05) is 10.4 Å². The van der Waals surface area contributed by atoms with Gasteiger partial charge in [0.25, 0.3) is 5.91 Å². The maximum atomic E-state index is 12.9. The zero-order valence-electron chi connectivity index (χ0n) is 15.9. The molecule has 28 heavy (non-hydrogen) atoms. The quantitative estimate of drug-likeness (QED) is 0.621. The molecule has 1 fully saturated rings. The van der Waals surface area contributed by atoms with Gasteiger partial charge in [-0.15, -0.1) is 5.10 Å². The molecular formula is C19H21BrN6O2. The van der Waals surface area contributed by atoms with Crippen LogP contribution in [0.5, 0.6) is 0 Å². The summed E-state index contributed by atoms with van der Waals surface area (Å²) in [5.41, 5.74) is 1.75. The molecule has 0 aliphatic heterocycles. The smallest absolute Gasteiger partial charge is 0.274 e. The highest BCUT2D eigenvalue weighted by Gasteiger charge is 2.32. The van der Waals surface area contributed by atoms with Gasteiger partial charge >= 0.3 is 0 Å². The largest absolute Gasteiger partial charge is 0.339 e. The molecule has 1 atom stereocenters. The minimum Gasteiger partial charge on any atom is -0.339 e. The maximum absolute atomic E-state index is 12.9. The molecule has 1 amide bonds. The zero-order chi connectivity index (χ0) is 19.8. The molecule has 1 aliphatic rings. The summed E-state index contributed by atoms with van der Waals surface area (Å²) in [6, 6.07) is 7.27. The van der Waals surface area contributed by atoms with Gasteiger partial charge in [-0.2, -0.15) is 4.98 Å². The van der Waals surface area contributed by atoms with Crippen molar-refractivity contribution in [1.82, 2.24) is 30.5 Å². The van der Waals surface area contributed by atoms with Gasteiger partial charge in [0.05, 0.1) is 11.4 Å². The van der Waals surface area contributed by atoms with Crippen LogP contribution in [0.3, 0.4) is 0 Å². The summed E-state index contributed by atoms with van der Waals surface area (Å²) < 4.78 is 7.99. The topological polar surface area (TPSA) is 98.7 Å². The summed E-state index contributed by atoms with van der Waals surface area (Å²) in [5.74, 6) is 1.32. The number of amides is 1. The van der Waals surface area contributed by atoms with Crippen molar-refractivity contribution < 1.29 is 9.32 Å². The molecule has 2 aromatic heterocycles. The van der Waals surface area contributed by atoms with Crippen LogP contribution in [0.4, 0.5) is 0 Å². The van der Waals surface area contributed by atoms with Crippen molar-refractivity contribution in [2.24, 2.45) is 5.92 Å². The van der Waals surface area contributed by atoms with Crippen LogP contribution in [0.15, 0.2) is 33.3 Å². The lowest BCUT2D eigenvalue weighted by atomic mass is 10.0. The highest BCUT2D eigenvalue weighted by molar-refractivity contribution is 9.10. The van der Waals surface area contributed by atoms with E-state index in [0.29, 0.717) is 17.5 Å². The normalized spacial score (nSPS) is 15.0. The third kappa shape index (κ3) is 3.71. The van der Waals surface area contributed by atoms with Crippen LogP contribution in [0.25, 0.3) is 5.69 Å². The van der Waals surface area contributed by atoms with Crippen molar-refractivity contribution in [2.75, 3.05) is 0 Å². The number of benzene rings is 1. The Morgan fingerprint density at radius 1 is 1.36 bits per heavy atom. The Morgan fingerprint density at radius 2 is 2.14 bits per heavy atom. The second-order valence-electron chi connectivity index (χ2n) is 7.38. The van der Waals surface area contributed by atoms with E-state index in [-0.39, 0.29) is 23.6 Å². The van der Waals surface area contributed by atoms with E-state index in [4.69, 9.17) is 4.52 Å². The van der Waals surface area contributed by atoms with E-state index in [9.17, 15) is 4.79 Å². The van der Waals surface area contributed by atoms with E-state index in [2.05, 4.69) is 41.7 Å². The molecule has 1 aliphatic carbocycles. The van der Waals surface area contributed by atoms with Crippen LogP contribution in [-0.2, 0) is 0 Å². The van der Waals surface area contributed by atoms with Crippen molar-refractivity contribution in [1.29, 1.82) is 0 Å². The van der Waals surface area contributed by atoms with Crippen molar-refractivity contribution in [3.05, 3.63) is 51.8 Å². The SMILES string of the molecule is Cc1c(C(=O)NC(c2nc(C3CC3)no2)C(C)C)nnn1-c1cccc(Br)c1. The first kappa shape index (κ1) is 18.8. The fraction of sp³-hybridized carbons (Fsp3) is 0.421. The van der Waals surface area contributed by atoms with Crippen LogP contribution in [-0.4, -0.2) is 31.0 Å². The summed E-state index contributed by atoms with van der Waals surface area (Å²) in [6.07, 6.45) is 2.19. The average Bonchev–Trinajstić information content (AvgIpc) is 3.26. The molecule has 0 spiro atoms. The molecule has 1 N–H and O–H groups in total. The molecule has 4 rings (SSSR count). The number of aromatic nitrogens is 5. The number of carbonyl (C=O) groups is 1. The first-order valence-corrected chi connectivity index (χ1v) is 10.1. The van der Waals surface area contributed by atoms with Gasteiger partial charge in [-0.1, -0.05) is 46.2 Å². The molecule has 146 valence electrons. The molecule has 1 saturated carbocycles. The molecule has 1 unspecified atom stereocenters. The van der Waals surface area contributed by atoms with Crippen molar-refractivity contribution in [3.8, 4) is 5.69 Å². The second-order valence-corrected chi connectivity index (χ2v) is 8.29. The average molecular weight is 445 g/mol. The van der Waals surface area contributed by atoms with Crippen LogP contribution in [0.1, 0.15) is 66.5 Å². The molecule has 8 nitrogen and oxygen atoms in total. The summed E-state index contributed by atoms with van der Waals surface area (Å²) in [5, 5.41) is 15.3. The maximum Gasteiger partial charge on any atom is 0.274 e. The lowest BCUT2D eigenvalue weighted by Crippen LogP contribution is -2.32. The molecule has 3 aromatic rings. The van der Waals surface area contributed by atoms with E-state index >= 15 is 0 Å². The van der Waals surface area contributed by atoms with Crippen molar-refractivity contribution in [3.63, 3.8) is 0 Å². The van der Waals surface area contributed by atoms with E-state index in [1.54, 1.807) is 4.68 Å². The van der Waals surface area contributed by atoms with Gasteiger partial charge in [-0.05, 0) is 43.9 Å². The predicted molar refractivity (Wildman–Crippen MR) is 105 cm³/mol. The molecular weight excluding hydrogens is 424 g/mol. The Bertz CT molecular complexity index is 1010. The van der Waals surface area contributed by atoms with Crippen molar-refractivity contribution in [2.45, 2.75) is 45.6 Å². The first-order chi connectivity index (χ1) is 13.4. The number of hydrogen-bond donors (Lipinski definition) is 1. The second kappa shape index (κ2) is 7.46. The summed E-state index contributed by atoms with van der Waals surface area (Å²) in [6.45, 7) is 5.81. The lowest BCUT2D eigenvalue weighted by Gasteiger charge is -2.18. The zero-order valence-corrected chi connectivity index (χ0v) is 17.5. The molecule has 2 heterocycles. The number of carbonyl (C=O) groups excluding carboxylic acids is 1. The molecule has 0 radical (unpaired) electrons. The highest BCUT2D eigenvalue weighted by Crippen LogP contribution is 2.38. The number of hydrogen-bond acceptors (Lipinski definition) is 6. The monoisotopic (exact) mass is 444 g/mol. The number of nitrogens with one attached hydrogen (secondary N) is 1. The van der Waals surface area contributed by atoms with E-state index in [0.717, 1.165) is 28.8 Å². The molecule has 0 saturated heterocycles. The minimum absolute atomic E-state index is 0.0804. The van der Waals surface area contributed by atoms with Gasteiger partial charge in [-0.25, -0.2) is 4.68 Å². The number of nitrogens with zero attached hydrogens (tertiary/aromatic N) is 5. The Labute approximate surface area is 170 Å².